The third-order valence-corrected chi connectivity index (χ3v) is 5.79. The summed E-state index contributed by atoms with van der Waals surface area (Å²) in [5, 5.41) is 3.16. The van der Waals surface area contributed by atoms with Gasteiger partial charge in [-0.3, -0.25) is 9.59 Å². The van der Waals surface area contributed by atoms with Gasteiger partial charge in [-0.05, 0) is 37.5 Å². The minimum Gasteiger partial charge on any atom is -0.333 e. The van der Waals surface area contributed by atoms with Crippen molar-refractivity contribution in [3.05, 3.63) is 35.4 Å². The van der Waals surface area contributed by atoms with Gasteiger partial charge in [-0.25, -0.2) is 8.78 Å². The largest absolute Gasteiger partial charge is 0.333 e. The highest BCUT2D eigenvalue weighted by atomic mass is 19.2. The Morgan fingerprint density at radius 2 is 1.93 bits per heavy atom. The van der Waals surface area contributed by atoms with Gasteiger partial charge in [0.2, 0.25) is 12.3 Å². The fourth-order valence-corrected chi connectivity index (χ4v) is 3.98. The van der Waals surface area contributed by atoms with Crippen LogP contribution in [0.5, 0.6) is 0 Å². The van der Waals surface area contributed by atoms with E-state index in [4.69, 9.17) is 0 Å². The fourth-order valence-electron chi connectivity index (χ4n) is 3.98. The van der Waals surface area contributed by atoms with Gasteiger partial charge in [-0.1, -0.05) is 25.3 Å². The first-order chi connectivity index (χ1) is 12.9. The van der Waals surface area contributed by atoms with Crippen LogP contribution in [0.3, 0.4) is 0 Å². The molecule has 2 aliphatic rings. The summed E-state index contributed by atoms with van der Waals surface area (Å²) in [6, 6.07) is 3.81. The predicted molar refractivity (Wildman–Crippen MR) is 97.8 cm³/mol. The molecule has 0 aromatic heterocycles. The summed E-state index contributed by atoms with van der Waals surface area (Å²) in [6.07, 6.45) is 5.93. The van der Waals surface area contributed by atoms with Crippen molar-refractivity contribution in [3.63, 3.8) is 0 Å². The van der Waals surface area contributed by atoms with Gasteiger partial charge >= 0.3 is 0 Å². The summed E-state index contributed by atoms with van der Waals surface area (Å²) < 4.78 is 26.8. The van der Waals surface area contributed by atoms with Crippen LogP contribution in [0.25, 0.3) is 0 Å². The topological polar surface area (TPSA) is 52.7 Å². The van der Waals surface area contributed by atoms with Gasteiger partial charge in [0.1, 0.15) is 0 Å². The highest BCUT2D eigenvalue weighted by molar-refractivity contribution is 5.81. The van der Waals surface area contributed by atoms with Gasteiger partial charge in [-0.2, -0.15) is 0 Å². The van der Waals surface area contributed by atoms with Crippen LogP contribution in [-0.2, 0) is 16.1 Å². The summed E-state index contributed by atoms with van der Waals surface area (Å²) in [5.74, 6) is -1.99. The molecule has 0 bridgehead atoms. The number of carbonyl (C=O) groups is 2. The molecule has 2 fully saturated rings. The number of carbonyl (C=O) groups excluding carboxylic acids is 2. The van der Waals surface area contributed by atoms with E-state index in [0.29, 0.717) is 18.7 Å². The molecule has 27 heavy (non-hydrogen) atoms. The predicted octanol–water partition coefficient (Wildman–Crippen LogP) is 2.45. The molecule has 1 aliphatic heterocycles. The van der Waals surface area contributed by atoms with E-state index >= 15 is 0 Å². The molecule has 1 saturated carbocycles. The summed E-state index contributed by atoms with van der Waals surface area (Å²) in [4.78, 5) is 28.0. The third-order valence-electron chi connectivity index (χ3n) is 5.79. The molecule has 1 aromatic rings. The lowest BCUT2D eigenvalue weighted by molar-refractivity contribution is -0.145. The summed E-state index contributed by atoms with van der Waals surface area (Å²) in [7, 11) is 0. The Kier molecular flexibility index (Phi) is 6.09. The Morgan fingerprint density at radius 3 is 2.48 bits per heavy atom. The molecule has 7 heteroatoms. The van der Waals surface area contributed by atoms with Crippen molar-refractivity contribution < 1.29 is 18.4 Å². The second-order valence-electron chi connectivity index (χ2n) is 7.90. The van der Waals surface area contributed by atoms with E-state index in [-0.39, 0.29) is 25.0 Å². The molecule has 0 spiro atoms. The molecule has 2 amide bonds. The van der Waals surface area contributed by atoms with Gasteiger partial charge in [0.25, 0.3) is 0 Å². The summed E-state index contributed by atoms with van der Waals surface area (Å²) in [5.41, 5.74) is 0.133. The molecule has 1 N–H and O–H groups in total. The number of hydrogen-bond acceptors (Lipinski definition) is 3. The quantitative estimate of drug-likeness (QED) is 0.741. The lowest BCUT2D eigenvalue weighted by Crippen LogP contribution is -2.69. The van der Waals surface area contributed by atoms with Crippen molar-refractivity contribution in [2.24, 2.45) is 0 Å². The first kappa shape index (κ1) is 19.7. The SMILES string of the molecule is CC1(N(Cc2ccc(F)c(F)c2)C(=O)CN(C=O)C2CCCCC2)CNC1. The first-order valence-corrected chi connectivity index (χ1v) is 9.59. The summed E-state index contributed by atoms with van der Waals surface area (Å²) >= 11 is 0. The third kappa shape index (κ3) is 4.46. The minimum absolute atomic E-state index is 0.0213. The molecular formula is C20H27F2N3O2. The monoisotopic (exact) mass is 379 g/mol. The van der Waals surface area contributed by atoms with E-state index < -0.39 is 17.2 Å². The van der Waals surface area contributed by atoms with Gasteiger partial charge < -0.3 is 15.1 Å². The molecular weight excluding hydrogens is 352 g/mol. The zero-order valence-electron chi connectivity index (χ0n) is 15.7. The maximum atomic E-state index is 13.6. The Bertz CT molecular complexity index is 688. The molecule has 5 nitrogen and oxygen atoms in total. The molecule has 1 aromatic carbocycles. The minimum atomic E-state index is -0.923. The second kappa shape index (κ2) is 8.33. The molecule has 1 aliphatic carbocycles. The Morgan fingerprint density at radius 1 is 1.22 bits per heavy atom. The number of amides is 2. The molecule has 0 atom stereocenters. The van der Waals surface area contributed by atoms with Gasteiger partial charge in [-0.15, -0.1) is 0 Å². The lowest BCUT2D eigenvalue weighted by atomic mass is 9.91. The van der Waals surface area contributed by atoms with E-state index in [1.807, 2.05) is 6.92 Å². The Hall–Kier alpha value is -2.02. The lowest BCUT2D eigenvalue weighted by Gasteiger charge is -2.49. The maximum absolute atomic E-state index is 13.6. The van der Waals surface area contributed by atoms with Crippen molar-refractivity contribution in [1.82, 2.24) is 15.1 Å². The van der Waals surface area contributed by atoms with Crippen LogP contribution in [0.15, 0.2) is 18.2 Å². The van der Waals surface area contributed by atoms with Crippen LogP contribution < -0.4 is 5.32 Å². The fraction of sp³-hybridized carbons (Fsp3) is 0.600. The van der Waals surface area contributed by atoms with Gasteiger partial charge in [0.15, 0.2) is 11.6 Å². The number of halogens is 2. The van der Waals surface area contributed by atoms with E-state index in [1.54, 1.807) is 9.80 Å². The number of benzene rings is 1. The number of hydrogen-bond donors (Lipinski definition) is 1. The van der Waals surface area contributed by atoms with Crippen LogP contribution in [0, 0.1) is 11.6 Å². The van der Waals surface area contributed by atoms with Crippen molar-refractivity contribution in [1.29, 1.82) is 0 Å². The molecule has 0 unspecified atom stereocenters. The van der Waals surface area contributed by atoms with Crippen LogP contribution in [0.1, 0.15) is 44.6 Å². The molecule has 1 heterocycles. The molecule has 148 valence electrons. The first-order valence-electron chi connectivity index (χ1n) is 9.59. The zero-order chi connectivity index (χ0) is 19.4. The molecule has 1 saturated heterocycles. The highest BCUT2D eigenvalue weighted by Crippen LogP contribution is 2.25. The smallest absolute Gasteiger partial charge is 0.243 e. The highest BCUT2D eigenvalue weighted by Gasteiger charge is 2.41. The van der Waals surface area contributed by atoms with Crippen LogP contribution in [0.4, 0.5) is 8.78 Å². The van der Waals surface area contributed by atoms with E-state index in [0.717, 1.165) is 44.2 Å². The molecule has 3 rings (SSSR count). The molecule has 0 radical (unpaired) electrons. The van der Waals surface area contributed by atoms with Crippen molar-refractivity contribution in [2.75, 3.05) is 19.6 Å². The number of nitrogens with zero attached hydrogens (tertiary/aromatic N) is 2. The Balaban J connectivity index is 1.74. The average Bonchev–Trinajstić information content (AvgIpc) is 2.65. The Labute approximate surface area is 158 Å². The standard InChI is InChI=1S/C20H27F2N3O2/c1-20(12-23-13-20)25(10-15-7-8-17(21)18(22)9-15)19(27)11-24(14-26)16-5-3-2-4-6-16/h7-9,14,16,23H,2-6,10-13H2,1H3. The van der Waals surface area contributed by atoms with Crippen molar-refractivity contribution >= 4 is 12.3 Å². The van der Waals surface area contributed by atoms with Crippen LogP contribution in [-0.4, -0.2) is 53.3 Å². The maximum Gasteiger partial charge on any atom is 0.243 e. The second-order valence-corrected chi connectivity index (χ2v) is 7.90. The van der Waals surface area contributed by atoms with Crippen molar-refractivity contribution in [3.8, 4) is 0 Å². The normalized spacial score (nSPS) is 19.2. The van der Waals surface area contributed by atoms with Crippen molar-refractivity contribution in [2.45, 2.75) is 57.2 Å². The van der Waals surface area contributed by atoms with Crippen LogP contribution in [0.2, 0.25) is 0 Å². The van der Waals surface area contributed by atoms with Gasteiger partial charge in [0, 0.05) is 25.7 Å². The number of nitrogens with one attached hydrogen (secondary N) is 1. The van der Waals surface area contributed by atoms with E-state index in [1.165, 1.54) is 12.5 Å². The van der Waals surface area contributed by atoms with Crippen LogP contribution >= 0.6 is 0 Å². The van der Waals surface area contributed by atoms with E-state index in [9.17, 15) is 18.4 Å². The van der Waals surface area contributed by atoms with Gasteiger partial charge in [0.05, 0.1) is 12.1 Å². The zero-order valence-corrected chi connectivity index (χ0v) is 15.7. The van der Waals surface area contributed by atoms with E-state index in [2.05, 4.69) is 5.32 Å². The summed E-state index contributed by atoms with van der Waals surface area (Å²) in [6.45, 7) is 3.44. The number of rotatable bonds is 7. The average molecular weight is 379 g/mol.